The summed E-state index contributed by atoms with van der Waals surface area (Å²) in [6.07, 6.45) is 3.46. The quantitative estimate of drug-likeness (QED) is 0.801. The minimum atomic E-state index is -0.933. The molecule has 1 amide bonds. The second kappa shape index (κ2) is 7.57. The standard InChI is InChI=1S/C18H23N3O4S/c1-10-3-4-11-12(9-10)26-18-16(11)17(25)19-13(20-18)5-6-14(22)21(2)8-7-15(23)24/h10H,3-9H2,1-2H3,(H,23,24)(H,19,20,25). The molecule has 0 saturated heterocycles. The van der Waals surface area contributed by atoms with Crippen LogP contribution in [0.15, 0.2) is 4.79 Å². The monoisotopic (exact) mass is 377 g/mol. The van der Waals surface area contributed by atoms with Crippen LogP contribution in [0, 0.1) is 5.92 Å². The van der Waals surface area contributed by atoms with Crippen LogP contribution in [0.2, 0.25) is 0 Å². The van der Waals surface area contributed by atoms with Crippen molar-refractivity contribution in [2.75, 3.05) is 13.6 Å². The van der Waals surface area contributed by atoms with Crippen LogP contribution in [0.1, 0.15) is 42.5 Å². The van der Waals surface area contributed by atoms with Crippen LogP contribution < -0.4 is 5.56 Å². The Bertz CT molecular complexity index is 902. The summed E-state index contributed by atoms with van der Waals surface area (Å²) < 4.78 is 0. The number of H-pyrrole nitrogens is 1. The van der Waals surface area contributed by atoms with Crippen LogP contribution in [-0.4, -0.2) is 45.4 Å². The number of carbonyl (C=O) groups excluding carboxylic acids is 1. The number of aromatic nitrogens is 2. The van der Waals surface area contributed by atoms with Crippen molar-refractivity contribution in [1.29, 1.82) is 0 Å². The summed E-state index contributed by atoms with van der Waals surface area (Å²) in [4.78, 5) is 46.0. The summed E-state index contributed by atoms with van der Waals surface area (Å²) in [6, 6.07) is 0. The predicted molar refractivity (Wildman–Crippen MR) is 99.6 cm³/mol. The zero-order valence-corrected chi connectivity index (χ0v) is 15.8. The molecule has 0 aromatic carbocycles. The largest absolute Gasteiger partial charge is 0.481 e. The number of nitrogens with one attached hydrogen (secondary N) is 1. The van der Waals surface area contributed by atoms with E-state index in [9.17, 15) is 14.4 Å². The molecule has 8 heteroatoms. The highest BCUT2D eigenvalue weighted by atomic mass is 32.1. The molecule has 1 unspecified atom stereocenters. The number of aryl methyl sites for hydroxylation is 2. The van der Waals surface area contributed by atoms with Gasteiger partial charge in [-0.2, -0.15) is 0 Å². The summed E-state index contributed by atoms with van der Waals surface area (Å²) in [5, 5.41) is 9.40. The lowest BCUT2D eigenvalue weighted by Crippen LogP contribution is -2.29. The summed E-state index contributed by atoms with van der Waals surface area (Å²) in [5.74, 6) is 0.0487. The molecule has 0 radical (unpaired) electrons. The number of carbonyl (C=O) groups is 2. The molecular weight excluding hydrogens is 354 g/mol. The third kappa shape index (κ3) is 3.95. The number of fused-ring (bicyclic) bond motifs is 3. The molecule has 2 N–H and O–H groups in total. The third-order valence-electron chi connectivity index (χ3n) is 4.88. The maximum Gasteiger partial charge on any atom is 0.305 e. The van der Waals surface area contributed by atoms with Crippen LogP contribution in [-0.2, 0) is 28.9 Å². The third-order valence-corrected chi connectivity index (χ3v) is 6.03. The lowest BCUT2D eigenvalue weighted by molar-refractivity contribution is -0.138. The Hall–Kier alpha value is -2.22. The van der Waals surface area contributed by atoms with Crippen molar-refractivity contribution in [3.05, 3.63) is 26.6 Å². The van der Waals surface area contributed by atoms with E-state index < -0.39 is 5.97 Å². The van der Waals surface area contributed by atoms with Gasteiger partial charge in [-0.1, -0.05) is 6.92 Å². The van der Waals surface area contributed by atoms with E-state index in [2.05, 4.69) is 16.9 Å². The van der Waals surface area contributed by atoms with Gasteiger partial charge in [0.25, 0.3) is 5.56 Å². The van der Waals surface area contributed by atoms with Crippen molar-refractivity contribution < 1.29 is 14.7 Å². The zero-order valence-electron chi connectivity index (χ0n) is 15.0. The normalized spacial score (nSPS) is 16.5. The fraction of sp³-hybridized carbons (Fsp3) is 0.556. The molecule has 2 aromatic rings. The molecular formula is C18H23N3O4S. The Morgan fingerprint density at radius 1 is 1.38 bits per heavy atom. The molecule has 140 valence electrons. The van der Waals surface area contributed by atoms with Crippen molar-refractivity contribution in [2.45, 2.75) is 45.4 Å². The fourth-order valence-corrected chi connectivity index (χ4v) is 4.72. The number of amides is 1. The SMILES string of the molecule is CC1CCc2c(sc3nc(CCC(=O)N(C)CCC(=O)O)[nH]c(=O)c23)C1. The Morgan fingerprint density at radius 2 is 2.15 bits per heavy atom. The highest BCUT2D eigenvalue weighted by Gasteiger charge is 2.23. The van der Waals surface area contributed by atoms with E-state index in [4.69, 9.17) is 5.11 Å². The summed E-state index contributed by atoms with van der Waals surface area (Å²) in [7, 11) is 1.58. The van der Waals surface area contributed by atoms with Gasteiger partial charge in [-0.05, 0) is 30.7 Å². The Balaban J connectivity index is 1.72. The molecule has 0 aliphatic heterocycles. The summed E-state index contributed by atoms with van der Waals surface area (Å²) >= 11 is 1.59. The highest BCUT2D eigenvalue weighted by molar-refractivity contribution is 7.18. The molecule has 0 bridgehead atoms. The maximum atomic E-state index is 12.5. The summed E-state index contributed by atoms with van der Waals surface area (Å²) in [6.45, 7) is 2.40. The van der Waals surface area contributed by atoms with Crippen molar-refractivity contribution in [3.63, 3.8) is 0 Å². The van der Waals surface area contributed by atoms with E-state index in [1.807, 2.05) is 0 Å². The number of carboxylic acid groups (broad SMARTS) is 1. The first kappa shape index (κ1) is 18.6. The molecule has 3 rings (SSSR count). The van der Waals surface area contributed by atoms with Crippen molar-refractivity contribution >= 4 is 33.4 Å². The first-order chi connectivity index (χ1) is 12.3. The number of aliphatic carboxylic acids is 1. The molecule has 0 spiro atoms. The Morgan fingerprint density at radius 3 is 2.88 bits per heavy atom. The second-order valence-corrected chi connectivity index (χ2v) is 8.09. The van der Waals surface area contributed by atoms with Gasteiger partial charge >= 0.3 is 5.97 Å². The first-order valence-corrected chi connectivity index (χ1v) is 9.66. The van der Waals surface area contributed by atoms with Gasteiger partial charge < -0.3 is 15.0 Å². The van der Waals surface area contributed by atoms with E-state index in [1.165, 1.54) is 9.78 Å². The van der Waals surface area contributed by atoms with Crippen LogP contribution in [0.3, 0.4) is 0 Å². The van der Waals surface area contributed by atoms with Gasteiger partial charge in [0.1, 0.15) is 10.7 Å². The number of hydrogen-bond donors (Lipinski definition) is 2. The first-order valence-electron chi connectivity index (χ1n) is 8.84. The molecule has 1 aliphatic carbocycles. The van der Waals surface area contributed by atoms with E-state index in [-0.39, 0.29) is 30.9 Å². The van der Waals surface area contributed by atoms with Gasteiger partial charge in [0, 0.05) is 31.3 Å². The topological polar surface area (TPSA) is 103 Å². The number of thiophene rings is 1. The van der Waals surface area contributed by atoms with Gasteiger partial charge in [0.2, 0.25) is 5.91 Å². The van der Waals surface area contributed by atoms with Gasteiger partial charge in [0.05, 0.1) is 11.8 Å². The molecule has 0 saturated carbocycles. The van der Waals surface area contributed by atoms with E-state index in [0.29, 0.717) is 23.5 Å². The Labute approximate surface area is 155 Å². The van der Waals surface area contributed by atoms with E-state index in [0.717, 1.165) is 29.7 Å². The lowest BCUT2D eigenvalue weighted by Gasteiger charge is -2.17. The smallest absolute Gasteiger partial charge is 0.305 e. The van der Waals surface area contributed by atoms with Gasteiger partial charge in [-0.25, -0.2) is 4.98 Å². The summed E-state index contributed by atoms with van der Waals surface area (Å²) in [5.41, 5.74) is 1.02. The van der Waals surface area contributed by atoms with Crippen molar-refractivity contribution in [3.8, 4) is 0 Å². The molecule has 7 nitrogen and oxygen atoms in total. The number of rotatable bonds is 6. The zero-order chi connectivity index (χ0) is 18.8. The van der Waals surface area contributed by atoms with Crippen molar-refractivity contribution in [1.82, 2.24) is 14.9 Å². The molecule has 1 aliphatic rings. The van der Waals surface area contributed by atoms with E-state index >= 15 is 0 Å². The number of aromatic amines is 1. The highest BCUT2D eigenvalue weighted by Crippen LogP contribution is 2.35. The molecule has 0 fully saturated rings. The molecule has 1 atom stereocenters. The lowest BCUT2D eigenvalue weighted by atomic mass is 9.89. The van der Waals surface area contributed by atoms with Gasteiger partial charge in [0.15, 0.2) is 0 Å². The average Bonchev–Trinajstić information content (AvgIpc) is 2.95. The minimum Gasteiger partial charge on any atom is -0.481 e. The fourth-order valence-electron chi connectivity index (χ4n) is 3.32. The number of nitrogens with zero attached hydrogens (tertiary/aromatic N) is 2. The van der Waals surface area contributed by atoms with Crippen LogP contribution in [0.4, 0.5) is 0 Å². The maximum absolute atomic E-state index is 12.5. The molecule has 2 heterocycles. The minimum absolute atomic E-state index is 0.0809. The van der Waals surface area contributed by atoms with Crippen LogP contribution in [0.25, 0.3) is 10.2 Å². The number of hydrogen-bond acceptors (Lipinski definition) is 5. The number of carboxylic acids is 1. The van der Waals surface area contributed by atoms with Gasteiger partial charge in [-0.3, -0.25) is 14.4 Å². The van der Waals surface area contributed by atoms with Crippen molar-refractivity contribution in [2.24, 2.45) is 5.92 Å². The van der Waals surface area contributed by atoms with Gasteiger partial charge in [-0.15, -0.1) is 11.3 Å². The van der Waals surface area contributed by atoms with Crippen LogP contribution >= 0.6 is 11.3 Å². The average molecular weight is 377 g/mol. The predicted octanol–water partition coefficient (Wildman–Crippen LogP) is 1.98. The molecule has 2 aromatic heterocycles. The Kier molecular flexibility index (Phi) is 5.41. The van der Waals surface area contributed by atoms with E-state index in [1.54, 1.807) is 18.4 Å². The van der Waals surface area contributed by atoms with Crippen LogP contribution in [0.5, 0.6) is 0 Å². The molecule has 26 heavy (non-hydrogen) atoms. The second-order valence-electron chi connectivity index (χ2n) is 7.00.